The van der Waals surface area contributed by atoms with Gasteiger partial charge in [-0.25, -0.2) is 0 Å². The van der Waals surface area contributed by atoms with E-state index in [4.69, 9.17) is 4.74 Å². The molecule has 16 heavy (non-hydrogen) atoms. The average Bonchev–Trinajstić information content (AvgIpc) is 2.27. The third kappa shape index (κ3) is 3.49. The Bertz CT molecular complexity index is 398. The number of nitrogens with zero attached hydrogens (tertiary/aromatic N) is 1. The molecule has 6 heteroatoms. The van der Waals surface area contributed by atoms with Gasteiger partial charge in [0.05, 0.1) is 11.3 Å². The van der Waals surface area contributed by atoms with Gasteiger partial charge in [-0.3, -0.25) is 14.9 Å². The first-order valence-electron chi connectivity index (χ1n) is 4.52. The third-order valence-electron chi connectivity index (χ3n) is 1.75. The molecule has 0 fully saturated rings. The highest BCUT2D eigenvalue weighted by Gasteiger charge is 2.07. The highest BCUT2D eigenvalue weighted by atomic mass is 16.6. The summed E-state index contributed by atoms with van der Waals surface area (Å²) in [6.07, 6.45) is 0.726. The molecule has 6 nitrogen and oxygen atoms in total. The maximum atomic E-state index is 11.1. The number of benzene rings is 1. The van der Waals surface area contributed by atoms with Gasteiger partial charge in [0.15, 0.2) is 0 Å². The van der Waals surface area contributed by atoms with Crippen LogP contribution < -0.4 is 4.74 Å². The molecule has 84 valence electrons. The summed E-state index contributed by atoms with van der Waals surface area (Å²) in [6.45, 7) is 0. The lowest BCUT2D eigenvalue weighted by Gasteiger charge is -2.01. The number of aldehydes is 1. The smallest absolute Gasteiger partial charge is 0.311 e. The zero-order valence-corrected chi connectivity index (χ0v) is 8.29. The fourth-order valence-electron chi connectivity index (χ4n) is 0.995. The first-order chi connectivity index (χ1) is 7.63. The Labute approximate surface area is 91.0 Å². The van der Waals surface area contributed by atoms with Crippen LogP contribution in [-0.4, -0.2) is 17.2 Å². The van der Waals surface area contributed by atoms with Crippen molar-refractivity contribution in [3.8, 4) is 5.75 Å². The highest BCUT2D eigenvalue weighted by Crippen LogP contribution is 2.17. The number of nitro benzene ring substituents is 1. The summed E-state index contributed by atoms with van der Waals surface area (Å²) in [5.74, 6) is -0.317. The molecule has 0 amide bonds. The van der Waals surface area contributed by atoms with Gasteiger partial charge in [0.1, 0.15) is 12.0 Å². The topological polar surface area (TPSA) is 86.5 Å². The number of nitro groups is 1. The van der Waals surface area contributed by atoms with E-state index in [9.17, 15) is 19.7 Å². The van der Waals surface area contributed by atoms with Crippen molar-refractivity contribution in [1.82, 2.24) is 0 Å². The first-order valence-corrected chi connectivity index (χ1v) is 4.52. The molecule has 0 aromatic heterocycles. The molecule has 0 spiro atoms. The van der Waals surface area contributed by atoms with Gasteiger partial charge < -0.3 is 9.53 Å². The van der Waals surface area contributed by atoms with Crippen molar-refractivity contribution < 1.29 is 19.2 Å². The Hall–Kier alpha value is -2.24. The molecule has 0 atom stereocenters. The number of ether oxygens (including phenoxy) is 1. The fourth-order valence-corrected chi connectivity index (χ4v) is 0.995. The minimum Gasteiger partial charge on any atom is -0.427 e. The molecule has 1 aromatic rings. The van der Waals surface area contributed by atoms with Crippen molar-refractivity contribution >= 4 is 17.9 Å². The lowest BCUT2D eigenvalue weighted by molar-refractivity contribution is -0.384. The van der Waals surface area contributed by atoms with Crippen LogP contribution in [0, 0.1) is 10.1 Å². The lowest BCUT2D eigenvalue weighted by Crippen LogP contribution is -2.07. The second-order valence-corrected chi connectivity index (χ2v) is 2.93. The minimum atomic E-state index is -0.544. The van der Waals surface area contributed by atoms with Gasteiger partial charge >= 0.3 is 5.97 Å². The van der Waals surface area contributed by atoms with Gasteiger partial charge in [-0.2, -0.15) is 0 Å². The number of hydrogen-bond acceptors (Lipinski definition) is 5. The summed E-state index contributed by atoms with van der Waals surface area (Å²) in [6, 6.07) is 5.14. The van der Waals surface area contributed by atoms with Gasteiger partial charge in [-0.05, 0) is 12.1 Å². The Morgan fingerprint density at radius 3 is 2.50 bits per heavy atom. The van der Waals surface area contributed by atoms with Crippen molar-refractivity contribution in [2.24, 2.45) is 0 Å². The number of non-ortho nitro benzene ring substituents is 1. The van der Waals surface area contributed by atoms with Gasteiger partial charge in [0.2, 0.25) is 0 Å². The summed E-state index contributed by atoms with van der Waals surface area (Å²) in [7, 11) is 0. The van der Waals surface area contributed by atoms with E-state index in [1.165, 1.54) is 24.3 Å². The van der Waals surface area contributed by atoms with Crippen molar-refractivity contribution in [1.29, 1.82) is 0 Å². The number of esters is 1. The predicted octanol–water partition coefficient (Wildman–Crippen LogP) is 1.48. The van der Waals surface area contributed by atoms with Crippen LogP contribution in [0.2, 0.25) is 0 Å². The van der Waals surface area contributed by atoms with Crippen LogP contribution in [0.25, 0.3) is 0 Å². The maximum Gasteiger partial charge on any atom is 0.311 e. The molecule has 0 unspecified atom stereocenters. The van der Waals surface area contributed by atoms with Gasteiger partial charge in [-0.15, -0.1) is 0 Å². The molecule has 0 N–H and O–H groups in total. The molecule has 1 aromatic carbocycles. The summed E-state index contributed by atoms with van der Waals surface area (Å²) in [5.41, 5.74) is -0.0762. The van der Waals surface area contributed by atoms with E-state index in [0.717, 1.165) is 0 Å². The quantitative estimate of drug-likeness (QED) is 0.248. The molecule has 0 saturated heterocycles. The van der Waals surface area contributed by atoms with Gasteiger partial charge in [-0.1, -0.05) is 0 Å². The summed E-state index contributed by atoms with van der Waals surface area (Å²) < 4.78 is 4.83. The van der Waals surface area contributed by atoms with Crippen molar-refractivity contribution in [2.45, 2.75) is 12.8 Å². The Balaban J connectivity index is 2.58. The largest absolute Gasteiger partial charge is 0.427 e. The standard InChI is InChI=1S/C10H9NO5/c12-7-1-2-10(13)16-9-5-3-8(4-6-9)11(14)15/h3-7H,1-2H2. The molecule has 0 aliphatic rings. The third-order valence-corrected chi connectivity index (χ3v) is 1.75. The van der Waals surface area contributed by atoms with Crippen LogP contribution in [0.1, 0.15) is 12.8 Å². The van der Waals surface area contributed by atoms with E-state index in [1.54, 1.807) is 0 Å². The molecule has 0 heterocycles. The van der Waals surface area contributed by atoms with E-state index in [-0.39, 0.29) is 24.3 Å². The molecule has 0 aliphatic heterocycles. The molecule has 0 bridgehead atoms. The van der Waals surface area contributed by atoms with Crippen LogP contribution in [0.15, 0.2) is 24.3 Å². The van der Waals surface area contributed by atoms with Crippen LogP contribution in [-0.2, 0) is 9.59 Å². The van der Waals surface area contributed by atoms with E-state index >= 15 is 0 Å². The molecular formula is C10H9NO5. The fraction of sp³-hybridized carbons (Fsp3) is 0.200. The monoisotopic (exact) mass is 223 g/mol. The van der Waals surface area contributed by atoms with E-state index in [0.29, 0.717) is 6.29 Å². The Morgan fingerprint density at radius 1 is 1.38 bits per heavy atom. The Kier molecular flexibility index (Phi) is 4.14. The van der Waals surface area contributed by atoms with Gasteiger partial charge in [0.25, 0.3) is 5.69 Å². The number of carbonyl (C=O) groups excluding carboxylic acids is 2. The minimum absolute atomic E-state index is 0.000484. The molecule has 0 aliphatic carbocycles. The van der Waals surface area contributed by atoms with Crippen LogP contribution in [0.3, 0.4) is 0 Å². The second-order valence-electron chi connectivity index (χ2n) is 2.93. The number of carbonyl (C=O) groups is 2. The van der Waals surface area contributed by atoms with Crippen LogP contribution in [0.5, 0.6) is 5.75 Å². The van der Waals surface area contributed by atoms with Crippen LogP contribution in [0.4, 0.5) is 5.69 Å². The lowest BCUT2D eigenvalue weighted by atomic mass is 10.3. The predicted molar refractivity (Wildman–Crippen MR) is 54.0 cm³/mol. The van der Waals surface area contributed by atoms with E-state index in [1.807, 2.05) is 0 Å². The number of hydrogen-bond donors (Lipinski definition) is 0. The molecule has 1 rings (SSSR count). The summed E-state index contributed by atoms with van der Waals surface area (Å²) in [4.78, 5) is 30.9. The summed E-state index contributed by atoms with van der Waals surface area (Å²) in [5, 5.41) is 10.3. The molecular weight excluding hydrogens is 214 g/mol. The van der Waals surface area contributed by atoms with E-state index in [2.05, 4.69) is 0 Å². The van der Waals surface area contributed by atoms with Crippen molar-refractivity contribution in [3.05, 3.63) is 34.4 Å². The van der Waals surface area contributed by atoms with Gasteiger partial charge in [0, 0.05) is 18.6 Å². The van der Waals surface area contributed by atoms with E-state index < -0.39 is 10.9 Å². The molecule has 0 saturated carbocycles. The zero-order valence-electron chi connectivity index (χ0n) is 8.29. The highest BCUT2D eigenvalue weighted by molar-refractivity contribution is 5.74. The Morgan fingerprint density at radius 2 is 2.00 bits per heavy atom. The SMILES string of the molecule is O=CCCC(=O)Oc1ccc([N+](=O)[O-])cc1. The normalized spacial score (nSPS) is 9.50. The molecule has 0 radical (unpaired) electrons. The van der Waals surface area contributed by atoms with Crippen molar-refractivity contribution in [3.63, 3.8) is 0 Å². The summed E-state index contributed by atoms with van der Waals surface area (Å²) >= 11 is 0. The van der Waals surface area contributed by atoms with Crippen molar-refractivity contribution in [2.75, 3.05) is 0 Å². The maximum absolute atomic E-state index is 11.1. The average molecular weight is 223 g/mol. The first kappa shape index (κ1) is 11.8. The zero-order chi connectivity index (χ0) is 12.0. The second kappa shape index (κ2) is 5.59. The van der Waals surface area contributed by atoms with Crippen LogP contribution >= 0.6 is 0 Å². The number of rotatable bonds is 5.